The van der Waals surface area contributed by atoms with Gasteiger partial charge in [0.15, 0.2) is 0 Å². The number of nitrogens with zero attached hydrogens (tertiary/aromatic N) is 3. The molecule has 2 aliphatic heterocycles. The Morgan fingerprint density at radius 1 is 1.32 bits per heavy atom. The lowest BCUT2D eigenvalue weighted by molar-refractivity contribution is -0.132. The molecular weight excluding hydrogens is 278 g/mol. The number of fused-ring (bicyclic) bond motifs is 1. The Bertz CT molecular complexity index is 546. The van der Waals surface area contributed by atoms with E-state index in [-0.39, 0.29) is 11.8 Å². The van der Waals surface area contributed by atoms with Gasteiger partial charge in [0.2, 0.25) is 11.8 Å². The summed E-state index contributed by atoms with van der Waals surface area (Å²) in [5, 5.41) is 0. The fourth-order valence-electron chi connectivity index (χ4n) is 3.64. The van der Waals surface area contributed by atoms with Crippen LogP contribution in [0.3, 0.4) is 0 Å². The van der Waals surface area contributed by atoms with Crippen molar-refractivity contribution in [3.63, 3.8) is 0 Å². The summed E-state index contributed by atoms with van der Waals surface area (Å²) in [6.45, 7) is 4.67. The Labute approximate surface area is 131 Å². The molecule has 2 saturated heterocycles. The second-order valence-corrected chi connectivity index (χ2v) is 6.44. The van der Waals surface area contributed by atoms with Gasteiger partial charge in [-0.2, -0.15) is 0 Å². The Balaban J connectivity index is 1.66. The molecule has 0 aromatic carbocycles. The number of carbonyl (C=O) groups is 2. The van der Waals surface area contributed by atoms with Gasteiger partial charge in [-0.25, -0.2) is 0 Å². The summed E-state index contributed by atoms with van der Waals surface area (Å²) in [5.41, 5.74) is 1.08. The van der Waals surface area contributed by atoms with Crippen LogP contribution in [0.15, 0.2) is 24.5 Å². The number of carbonyl (C=O) groups excluding carboxylic acids is 2. The highest BCUT2D eigenvalue weighted by Gasteiger charge is 2.35. The van der Waals surface area contributed by atoms with Crippen molar-refractivity contribution in [3.05, 3.63) is 30.1 Å². The Morgan fingerprint density at radius 2 is 2.14 bits per heavy atom. The maximum atomic E-state index is 12.5. The van der Waals surface area contributed by atoms with Crippen molar-refractivity contribution in [1.82, 2.24) is 14.8 Å². The minimum atomic E-state index is 0.154. The van der Waals surface area contributed by atoms with Crippen LogP contribution in [-0.2, 0) is 16.1 Å². The molecular formula is C17H23N3O2. The van der Waals surface area contributed by atoms with Gasteiger partial charge in [0.25, 0.3) is 0 Å². The van der Waals surface area contributed by atoms with Crippen LogP contribution in [-0.4, -0.2) is 46.2 Å². The molecule has 0 bridgehead atoms. The van der Waals surface area contributed by atoms with E-state index in [1.165, 1.54) is 0 Å². The standard InChI is InChI=1S/C17H23N3O2/c1-13(21)19-7-4-15-9-17(22)20(8-5-16(15)12-19)11-14-3-2-6-18-10-14/h2-3,6,10,15-16H,4-5,7-9,11-12H2,1H3/t15-,16+/m1/s1. The number of aromatic nitrogens is 1. The minimum Gasteiger partial charge on any atom is -0.343 e. The summed E-state index contributed by atoms with van der Waals surface area (Å²) < 4.78 is 0. The molecule has 22 heavy (non-hydrogen) atoms. The van der Waals surface area contributed by atoms with Gasteiger partial charge in [0.05, 0.1) is 0 Å². The van der Waals surface area contributed by atoms with Crippen LogP contribution in [0.4, 0.5) is 0 Å². The number of amides is 2. The van der Waals surface area contributed by atoms with Gasteiger partial charge in [-0.05, 0) is 36.3 Å². The second-order valence-electron chi connectivity index (χ2n) is 6.44. The first-order valence-corrected chi connectivity index (χ1v) is 8.05. The van der Waals surface area contributed by atoms with Gasteiger partial charge in [0.1, 0.15) is 0 Å². The monoisotopic (exact) mass is 301 g/mol. The quantitative estimate of drug-likeness (QED) is 0.835. The minimum absolute atomic E-state index is 0.154. The molecule has 5 nitrogen and oxygen atoms in total. The second kappa shape index (κ2) is 6.46. The lowest BCUT2D eigenvalue weighted by Crippen LogP contribution is -2.42. The topological polar surface area (TPSA) is 53.5 Å². The summed E-state index contributed by atoms with van der Waals surface area (Å²) in [4.78, 5) is 32.1. The third kappa shape index (κ3) is 3.29. The Hall–Kier alpha value is -1.91. The SMILES string of the molecule is CC(=O)N1CC[C@@H]2CC(=O)N(Cc3cccnc3)CC[C@H]2C1. The van der Waals surface area contributed by atoms with Crippen LogP contribution in [0.2, 0.25) is 0 Å². The molecule has 118 valence electrons. The first kappa shape index (κ1) is 15.0. The van der Waals surface area contributed by atoms with Crippen molar-refractivity contribution in [3.8, 4) is 0 Å². The summed E-state index contributed by atoms with van der Waals surface area (Å²) >= 11 is 0. The molecule has 1 aromatic heterocycles. The van der Waals surface area contributed by atoms with E-state index in [2.05, 4.69) is 4.98 Å². The predicted molar refractivity (Wildman–Crippen MR) is 82.7 cm³/mol. The fourth-order valence-corrected chi connectivity index (χ4v) is 3.64. The van der Waals surface area contributed by atoms with Crippen molar-refractivity contribution in [2.75, 3.05) is 19.6 Å². The van der Waals surface area contributed by atoms with Gasteiger partial charge in [0, 0.05) is 51.9 Å². The molecule has 1 aromatic rings. The zero-order valence-corrected chi connectivity index (χ0v) is 13.1. The highest BCUT2D eigenvalue weighted by Crippen LogP contribution is 2.32. The molecule has 0 saturated carbocycles. The highest BCUT2D eigenvalue weighted by atomic mass is 16.2. The first-order chi connectivity index (χ1) is 10.6. The zero-order chi connectivity index (χ0) is 15.5. The molecule has 2 amide bonds. The summed E-state index contributed by atoms with van der Waals surface area (Å²) in [7, 11) is 0. The number of rotatable bonds is 2. The molecule has 0 aliphatic carbocycles. The molecule has 2 aliphatic rings. The Morgan fingerprint density at radius 3 is 2.86 bits per heavy atom. The van der Waals surface area contributed by atoms with Crippen LogP contribution in [0.1, 0.15) is 31.7 Å². The summed E-state index contributed by atoms with van der Waals surface area (Å²) in [5.74, 6) is 1.29. The van der Waals surface area contributed by atoms with E-state index in [9.17, 15) is 9.59 Å². The summed E-state index contributed by atoms with van der Waals surface area (Å²) in [6, 6.07) is 3.91. The van der Waals surface area contributed by atoms with Crippen LogP contribution in [0, 0.1) is 11.8 Å². The fraction of sp³-hybridized carbons (Fsp3) is 0.588. The average Bonchev–Trinajstić information content (AvgIpc) is 2.67. The number of likely N-dealkylation sites (tertiary alicyclic amines) is 2. The molecule has 0 unspecified atom stereocenters. The van der Waals surface area contributed by atoms with Gasteiger partial charge in [-0.3, -0.25) is 14.6 Å². The van der Waals surface area contributed by atoms with Gasteiger partial charge < -0.3 is 9.80 Å². The van der Waals surface area contributed by atoms with E-state index in [4.69, 9.17) is 0 Å². The normalized spacial score (nSPS) is 25.6. The van der Waals surface area contributed by atoms with E-state index in [1.54, 1.807) is 13.1 Å². The third-order valence-corrected chi connectivity index (χ3v) is 4.99. The number of piperidine rings is 1. The van der Waals surface area contributed by atoms with Gasteiger partial charge >= 0.3 is 0 Å². The number of hydrogen-bond donors (Lipinski definition) is 0. The molecule has 3 heterocycles. The lowest BCUT2D eigenvalue weighted by Gasteiger charge is -2.36. The van der Waals surface area contributed by atoms with E-state index in [0.29, 0.717) is 24.8 Å². The van der Waals surface area contributed by atoms with Gasteiger partial charge in [-0.15, -0.1) is 0 Å². The highest BCUT2D eigenvalue weighted by molar-refractivity contribution is 5.77. The van der Waals surface area contributed by atoms with Crippen molar-refractivity contribution in [1.29, 1.82) is 0 Å². The number of hydrogen-bond acceptors (Lipinski definition) is 3. The maximum absolute atomic E-state index is 12.5. The molecule has 5 heteroatoms. The van der Waals surface area contributed by atoms with Gasteiger partial charge in [-0.1, -0.05) is 6.07 Å². The first-order valence-electron chi connectivity index (χ1n) is 8.05. The predicted octanol–water partition coefficient (Wildman–Crippen LogP) is 1.69. The average molecular weight is 301 g/mol. The largest absolute Gasteiger partial charge is 0.343 e. The molecule has 2 atom stereocenters. The molecule has 0 radical (unpaired) electrons. The zero-order valence-electron chi connectivity index (χ0n) is 13.1. The molecule has 0 N–H and O–H groups in total. The van der Waals surface area contributed by atoms with E-state index >= 15 is 0 Å². The van der Waals surface area contributed by atoms with E-state index in [0.717, 1.165) is 38.0 Å². The summed E-state index contributed by atoms with van der Waals surface area (Å²) in [6.07, 6.45) is 6.13. The van der Waals surface area contributed by atoms with E-state index in [1.807, 2.05) is 28.1 Å². The van der Waals surface area contributed by atoms with Crippen LogP contribution in [0.25, 0.3) is 0 Å². The lowest BCUT2D eigenvalue weighted by atomic mass is 9.82. The Kier molecular flexibility index (Phi) is 4.41. The third-order valence-electron chi connectivity index (χ3n) is 4.99. The maximum Gasteiger partial charge on any atom is 0.223 e. The van der Waals surface area contributed by atoms with Crippen LogP contribution in [0.5, 0.6) is 0 Å². The van der Waals surface area contributed by atoms with Crippen molar-refractivity contribution >= 4 is 11.8 Å². The van der Waals surface area contributed by atoms with E-state index < -0.39 is 0 Å². The van der Waals surface area contributed by atoms with Crippen LogP contribution < -0.4 is 0 Å². The molecule has 3 rings (SSSR count). The molecule has 0 spiro atoms. The smallest absolute Gasteiger partial charge is 0.223 e. The number of pyridine rings is 1. The van der Waals surface area contributed by atoms with Crippen LogP contribution >= 0.6 is 0 Å². The van der Waals surface area contributed by atoms with Crippen molar-refractivity contribution < 1.29 is 9.59 Å². The molecule has 2 fully saturated rings. The van der Waals surface area contributed by atoms with Crippen molar-refractivity contribution in [2.24, 2.45) is 11.8 Å². The van der Waals surface area contributed by atoms with Crippen molar-refractivity contribution in [2.45, 2.75) is 32.7 Å².